The number of amides is 2. The fourth-order valence-corrected chi connectivity index (χ4v) is 2.83. The standard InChI is InChI=1S/C19H29FN6O9/c20-6-1-2-11-9-26(25-24-11)10-16(29)21-7-5-14(27)23-13(19(34)35)8-15(28)22-12(18(32)33)3-4-17(30)31/h9,12-14,23,27H,1-8,10H2,(H,21,29)(H,22,28)(H,30,31)(H,32,33)(H,34,35)/t12-,13+,14?/m0/s1. The maximum absolute atomic E-state index is 12.2. The van der Waals surface area contributed by atoms with E-state index in [0.29, 0.717) is 18.5 Å². The molecule has 7 N–H and O–H groups in total. The summed E-state index contributed by atoms with van der Waals surface area (Å²) in [6.07, 6.45) is -0.997. The van der Waals surface area contributed by atoms with Crippen LogP contribution in [-0.4, -0.2) is 96.7 Å². The molecule has 0 saturated carbocycles. The number of aryl methyl sites for hydroxylation is 1. The van der Waals surface area contributed by atoms with E-state index < -0.39 is 74.0 Å². The maximum atomic E-state index is 12.2. The quantitative estimate of drug-likeness (QED) is 0.106. The van der Waals surface area contributed by atoms with E-state index in [1.54, 1.807) is 0 Å². The molecule has 0 spiro atoms. The van der Waals surface area contributed by atoms with Crippen molar-refractivity contribution in [3.8, 4) is 0 Å². The Kier molecular flexibility index (Phi) is 12.8. The van der Waals surface area contributed by atoms with E-state index in [0.717, 1.165) is 0 Å². The van der Waals surface area contributed by atoms with E-state index in [4.69, 9.17) is 10.2 Å². The molecule has 0 saturated heterocycles. The van der Waals surface area contributed by atoms with Crippen molar-refractivity contribution in [2.45, 2.75) is 63.4 Å². The lowest BCUT2D eigenvalue weighted by Gasteiger charge is -2.20. The van der Waals surface area contributed by atoms with Gasteiger partial charge < -0.3 is 31.1 Å². The van der Waals surface area contributed by atoms with Crippen LogP contribution in [0.2, 0.25) is 0 Å². The van der Waals surface area contributed by atoms with Gasteiger partial charge in [0.2, 0.25) is 11.8 Å². The Morgan fingerprint density at radius 1 is 1.03 bits per heavy atom. The molecule has 1 unspecified atom stereocenters. The van der Waals surface area contributed by atoms with E-state index in [1.165, 1.54) is 10.9 Å². The predicted octanol–water partition coefficient (Wildman–Crippen LogP) is -2.13. The van der Waals surface area contributed by atoms with Crippen LogP contribution in [0.5, 0.6) is 0 Å². The molecule has 196 valence electrons. The SMILES string of the molecule is O=C(O)CC[C@H](NC(=O)C[C@@H](NC(O)CCNC(=O)Cn1cc(CCCF)nn1)C(=O)O)C(=O)O. The molecule has 3 atom stereocenters. The minimum Gasteiger partial charge on any atom is -0.481 e. The number of nitrogens with one attached hydrogen (secondary N) is 3. The lowest BCUT2D eigenvalue weighted by atomic mass is 10.1. The number of aliphatic carboxylic acids is 3. The molecule has 35 heavy (non-hydrogen) atoms. The molecule has 0 aliphatic rings. The summed E-state index contributed by atoms with van der Waals surface area (Å²) in [5, 5.41) is 51.4. The Labute approximate surface area is 198 Å². The van der Waals surface area contributed by atoms with Crippen molar-refractivity contribution in [1.82, 2.24) is 30.9 Å². The normalized spacial score (nSPS) is 13.4. The summed E-state index contributed by atoms with van der Waals surface area (Å²) in [5.41, 5.74) is 0.537. The number of carbonyl (C=O) groups excluding carboxylic acids is 2. The first-order valence-electron chi connectivity index (χ1n) is 10.6. The number of carbonyl (C=O) groups is 5. The Bertz CT molecular complexity index is 881. The molecule has 1 aromatic rings. The van der Waals surface area contributed by atoms with Crippen LogP contribution >= 0.6 is 0 Å². The van der Waals surface area contributed by atoms with Crippen molar-refractivity contribution >= 4 is 29.7 Å². The van der Waals surface area contributed by atoms with Gasteiger partial charge in [-0.3, -0.25) is 28.9 Å². The minimum absolute atomic E-state index is 0.0504. The molecule has 0 bridgehead atoms. The van der Waals surface area contributed by atoms with Crippen LogP contribution in [0.1, 0.15) is 37.8 Å². The van der Waals surface area contributed by atoms with Crippen LogP contribution in [0.4, 0.5) is 4.39 Å². The summed E-state index contributed by atoms with van der Waals surface area (Å²) in [6.45, 7) is -0.714. The van der Waals surface area contributed by atoms with Crippen LogP contribution < -0.4 is 16.0 Å². The summed E-state index contributed by atoms with van der Waals surface area (Å²) in [5.74, 6) is -5.66. The minimum atomic E-state index is -1.58. The van der Waals surface area contributed by atoms with Gasteiger partial charge in [-0.25, -0.2) is 9.48 Å². The number of nitrogens with zero attached hydrogens (tertiary/aromatic N) is 3. The number of halogens is 1. The van der Waals surface area contributed by atoms with Crippen molar-refractivity contribution in [2.24, 2.45) is 0 Å². The van der Waals surface area contributed by atoms with Crippen LogP contribution in [0.3, 0.4) is 0 Å². The van der Waals surface area contributed by atoms with Gasteiger partial charge in [0.05, 0.1) is 18.8 Å². The van der Waals surface area contributed by atoms with Crippen LogP contribution in [-0.2, 0) is 36.9 Å². The third-order valence-electron chi connectivity index (χ3n) is 4.56. The Morgan fingerprint density at radius 2 is 1.71 bits per heavy atom. The van der Waals surface area contributed by atoms with Crippen molar-refractivity contribution in [3.05, 3.63) is 11.9 Å². The molecular weight excluding hydrogens is 475 g/mol. The first-order valence-corrected chi connectivity index (χ1v) is 10.6. The molecule has 0 aromatic carbocycles. The van der Waals surface area contributed by atoms with E-state index in [1.807, 2.05) is 5.32 Å². The van der Waals surface area contributed by atoms with Crippen LogP contribution in [0.15, 0.2) is 6.20 Å². The first kappa shape index (κ1) is 29.4. The number of aromatic nitrogens is 3. The highest BCUT2D eigenvalue weighted by Crippen LogP contribution is 2.02. The fourth-order valence-electron chi connectivity index (χ4n) is 2.83. The Balaban J connectivity index is 2.44. The molecule has 1 rings (SSSR count). The van der Waals surface area contributed by atoms with Crippen LogP contribution in [0, 0.1) is 0 Å². The van der Waals surface area contributed by atoms with Gasteiger partial charge in [-0.05, 0) is 19.3 Å². The predicted molar refractivity (Wildman–Crippen MR) is 114 cm³/mol. The lowest BCUT2D eigenvalue weighted by Crippen LogP contribution is -2.49. The number of hydrogen-bond donors (Lipinski definition) is 7. The highest BCUT2D eigenvalue weighted by molar-refractivity contribution is 5.87. The average molecular weight is 504 g/mol. The Hall–Kier alpha value is -3.66. The number of aliphatic hydroxyl groups is 1. The molecule has 0 fully saturated rings. The van der Waals surface area contributed by atoms with Gasteiger partial charge in [-0.15, -0.1) is 5.10 Å². The second-order valence-electron chi connectivity index (χ2n) is 7.51. The number of alkyl halides is 1. The van der Waals surface area contributed by atoms with Gasteiger partial charge >= 0.3 is 17.9 Å². The molecule has 2 amide bonds. The third kappa shape index (κ3) is 12.4. The molecule has 1 aromatic heterocycles. The summed E-state index contributed by atoms with van der Waals surface area (Å²) < 4.78 is 13.4. The lowest BCUT2D eigenvalue weighted by molar-refractivity contribution is -0.144. The maximum Gasteiger partial charge on any atom is 0.326 e. The zero-order chi connectivity index (χ0) is 26.4. The number of carboxylic acids is 3. The van der Waals surface area contributed by atoms with Crippen molar-refractivity contribution < 1.29 is 48.8 Å². The number of rotatable bonds is 18. The van der Waals surface area contributed by atoms with E-state index in [-0.39, 0.29) is 19.5 Å². The highest BCUT2D eigenvalue weighted by Gasteiger charge is 2.27. The van der Waals surface area contributed by atoms with Gasteiger partial charge in [-0.1, -0.05) is 5.21 Å². The fraction of sp³-hybridized carbons (Fsp3) is 0.632. The van der Waals surface area contributed by atoms with Crippen molar-refractivity contribution in [3.63, 3.8) is 0 Å². The van der Waals surface area contributed by atoms with Crippen LogP contribution in [0.25, 0.3) is 0 Å². The molecule has 16 heteroatoms. The molecular formula is C19H29FN6O9. The second-order valence-corrected chi connectivity index (χ2v) is 7.51. The first-order chi connectivity index (χ1) is 16.5. The van der Waals surface area contributed by atoms with Gasteiger partial charge in [0.1, 0.15) is 24.9 Å². The van der Waals surface area contributed by atoms with Gasteiger partial charge in [-0.2, -0.15) is 0 Å². The van der Waals surface area contributed by atoms with Gasteiger partial charge in [0, 0.05) is 25.6 Å². The van der Waals surface area contributed by atoms with E-state index in [9.17, 15) is 38.6 Å². The average Bonchev–Trinajstić information content (AvgIpc) is 3.21. The topological polar surface area (TPSA) is 233 Å². The number of hydrogen-bond acceptors (Lipinski definition) is 9. The summed E-state index contributed by atoms with van der Waals surface area (Å²) >= 11 is 0. The molecule has 0 aliphatic carbocycles. The molecule has 15 nitrogen and oxygen atoms in total. The summed E-state index contributed by atoms with van der Waals surface area (Å²) in [7, 11) is 0. The van der Waals surface area contributed by atoms with E-state index >= 15 is 0 Å². The van der Waals surface area contributed by atoms with Crippen molar-refractivity contribution in [1.29, 1.82) is 0 Å². The van der Waals surface area contributed by atoms with E-state index in [2.05, 4.69) is 20.9 Å². The highest BCUT2D eigenvalue weighted by atomic mass is 19.1. The van der Waals surface area contributed by atoms with Crippen molar-refractivity contribution in [2.75, 3.05) is 13.2 Å². The van der Waals surface area contributed by atoms with Gasteiger partial charge in [0.15, 0.2) is 0 Å². The summed E-state index contributed by atoms with van der Waals surface area (Å²) in [6, 6.07) is -3.09. The number of aliphatic hydroxyl groups excluding tert-OH is 1. The Morgan fingerprint density at radius 3 is 2.31 bits per heavy atom. The monoisotopic (exact) mass is 504 g/mol. The smallest absolute Gasteiger partial charge is 0.326 e. The second kappa shape index (κ2) is 15.3. The third-order valence-corrected chi connectivity index (χ3v) is 4.56. The largest absolute Gasteiger partial charge is 0.481 e. The zero-order valence-corrected chi connectivity index (χ0v) is 18.7. The summed E-state index contributed by atoms with van der Waals surface area (Å²) in [4.78, 5) is 57.1. The zero-order valence-electron chi connectivity index (χ0n) is 18.7. The van der Waals surface area contributed by atoms with Gasteiger partial charge in [0.25, 0.3) is 0 Å². The molecule has 0 radical (unpaired) electrons. The molecule has 1 heterocycles. The molecule has 0 aliphatic heterocycles. The number of carboxylic acid groups (broad SMARTS) is 3.